The van der Waals surface area contributed by atoms with E-state index in [1.807, 2.05) is 4.90 Å². The van der Waals surface area contributed by atoms with Crippen LogP contribution in [0, 0.1) is 10.1 Å². The molecule has 2 aromatic carbocycles. The van der Waals surface area contributed by atoms with Gasteiger partial charge in [-0.1, -0.05) is 12.1 Å². The quantitative estimate of drug-likeness (QED) is 0.429. The molecule has 3 rings (SSSR count). The maximum absolute atomic E-state index is 12.4. The van der Waals surface area contributed by atoms with Gasteiger partial charge in [-0.05, 0) is 42.3 Å². The molecular formula is C20H20N4O5S. The first-order valence-electron chi connectivity index (χ1n) is 9.13. The summed E-state index contributed by atoms with van der Waals surface area (Å²) < 4.78 is 28.8. The molecule has 0 aromatic heterocycles. The van der Waals surface area contributed by atoms with Gasteiger partial charge in [0.2, 0.25) is 5.91 Å². The lowest BCUT2D eigenvalue weighted by atomic mass is 10.2. The van der Waals surface area contributed by atoms with E-state index in [9.17, 15) is 23.3 Å². The molecule has 9 nitrogen and oxygen atoms in total. The molecule has 1 heterocycles. The molecule has 1 fully saturated rings. The van der Waals surface area contributed by atoms with Gasteiger partial charge in [-0.15, -0.1) is 4.40 Å². The van der Waals surface area contributed by atoms with Crippen LogP contribution in [-0.2, 0) is 14.8 Å². The molecule has 0 unspecified atom stereocenters. The second-order valence-electron chi connectivity index (χ2n) is 6.71. The van der Waals surface area contributed by atoms with Crippen molar-refractivity contribution in [3.63, 3.8) is 0 Å². The number of sulfonamides is 1. The highest BCUT2D eigenvalue weighted by Crippen LogP contribution is 2.19. The monoisotopic (exact) mass is 428 g/mol. The average molecular weight is 428 g/mol. The van der Waals surface area contributed by atoms with Gasteiger partial charge in [-0.2, -0.15) is 8.42 Å². The molecule has 30 heavy (non-hydrogen) atoms. The number of non-ortho nitro benzene ring substituents is 1. The molecule has 0 radical (unpaired) electrons. The fourth-order valence-corrected chi connectivity index (χ4v) is 4.00. The Morgan fingerprint density at radius 1 is 1.23 bits per heavy atom. The van der Waals surface area contributed by atoms with Crippen LogP contribution in [0.1, 0.15) is 18.4 Å². The summed E-state index contributed by atoms with van der Waals surface area (Å²) >= 11 is 0. The molecule has 0 aliphatic carbocycles. The first-order valence-corrected chi connectivity index (χ1v) is 10.6. The van der Waals surface area contributed by atoms with Crippen LogP contribution in [-0.4, -0.2) is 43.6 Å². The van der Waals surface area contributed by atoms with E-state index in [2.05, 4.69) is 9.71 Å². The maximum atomic E-state index is 12.4. The van der Waals surface area contributed by atoms with Crippen molar-refractivity contribution in [1.29, 1.82) is 0 Å². The van der Waals surface area contributed by atoms with Crippen LogP contribution in [0.4, 0.5) is 11.4 Å². The number of hydrogen-bond acceptors (Lipinski definition) is 5. The molecule has 1 aliphatic heterocycles. The summed E-state index contributed by atoms with van der Waals surface area (Å²) in [5.41, 5.74) is 0.854. The van der Waals surface area contributed by atoms with Gasteiger partial charge < -0.3 is 10.2 Å². The van der Waals surface area contributed by atoms with Crippen LogP contribution in [0.25, 0.3) is 6.08 Å². The van der Waals surface area contributed by atoms with Crippen molar-refractivity contribution in [2.45, 2.75) is 17.7 Å². The standard InChI is InChI=1S/C20H20N4O5S/c1-23-13-3-6-19(23)22-30(28,29)18-10-8-16(9-11-18)21-20(25)12-7-15-4-2-5-17(14-15)24(26)27/h2,4-5,7-12,14H,3,6,13H2,1H3,(H,21,25)/b12-7+,22-19?. The molecule has 1 saturated heterocycles. The minimum atomic E-state index is -3.81. The van der Waals surface area contributed by atoms with Gasteiger partial charge in [-0.3, -0.25) is 14.9 Å². The zero-order chi connectivity index (χ0) is 21.7. The van der Waals surface area contributed by atoms with E-state index < -0.39 is 20.9 Å². The van der Waals surface area contributed by atoms with Crippen molar-refractivity contribution in [2.24, 2.45) is 4.40 Å². The van der Waals surface area contributed by atoms with Crippen molar-refractivity contribution in [2.75, 3.05) is 18.9 Å². The number of nitro benzene ring substituents is 1. The molecule has 1 amide bonds. The van der Waals surface area contributed by atoms with E-state index >= 15 is 0 Å². The summed E-state index contributed by atoms with van der Waals surface area (Å²) in [4.78, 5) is 24.2. The summed E-state index contributed by atoms with van der Waals surface area (Å²) in [5.74, 6) is 0.0867. The topological polar surface area (TPSA) is 122 Å². The zero-order valence-corrected chi connectivity index (χ0v) is 17.0. The number of nitrogens with zero attached hydrogens (tertiary/aromatic N) is 3. The highest BCUT2D eigenvalue weighted by Gasteiger charge is 2.20. The predicted molar refractivity (Wildman–Crippen MR) is 114 cm³/mol. The second kappa shape index (κ2) is 8.87. The molecule has 0 atom stereocenters. The molecule has 1 aliphatic rings. The summed E-state index contributed by atoms with van der Waals surface area (Å²) in [6.07, 6.45) is 4.20. The second-order valence-corrected chi connectivity index (χ2v) is 8.31. The number of benzene rings is 2. The SMILES string of the molecule is CN1CCCC1=NS(=O)(=O)c1ccc(NC(=O)/C=C/c2cccc([N+](=O)[O-])c2)cc1. The Hall–Kier alpha value is -3.53. The fourth-order valence-electron chi connectivity index (χ4n) is 2.91. The average Bonchev–Trinajstić information content (AvgIpc) is 3.11. The molecule has 0 saturated carbocycles. The number of rotatable bonds is 6. The van der Waals surface area contributed by atoms with Crippen LogP contribution < -0.4 is 5.32 Å². The van der Waals surface area contributed by atoms with Gasteiger partial charge >= 0.3 is 0 Å². The number of nitrogens with one attached hydrogen (secondary N) is 1. The van der Waals surface area contributed by atoms with Crippen LogP contribution in [0.3, 0.4) is 0 Å². The summed E-state index contributed by atoms with van der Waals surface area (Å²) in [5, 5.41) is 13.4. The largest absolute Gasteiger partial charge is 0.362 e. The van der Waals surface area contributed by atoms with Crippen molar-refractivity contribution in [1.82, 2.24) is 4.90 Å². The molecule has 10 heteroatoms. The van der Waals surface area contributed by atoms with E-state index in [0.717, 1.165) is 13.0 Å². The first-order chi connectivity index (χ1) is 14.2. The zero-order valence-electron chi connectivity index (χ0n) is 16.2. The van der Waals surface area contributed by atoms with Crippen molar-refractivity contribution < 1.29 is 18.1 Å². The third-order valence-electron chi connectivity index (χ3n) is 4.49. The first kappa shape index (κ1) is 21.2. The van der Waals surface area contributed by atoms with E-state index in [-0.39, 0.29) is 10.6 Å². The van der Waals surface area contributed by atoms with Crippen molar-refractivity contribution in [3.8, 4) is 0 Å². The lowest BCUT2D eigenvalue weighted by molar-refractivity contribution is -0.384. The minimum Gasteiger partial charge on any atom is -0.362 e. The van der Waals surface area contributed by atoms with Crippen LogP contribution in [0.5, 0.6) is 0 Å². The Balaban J connectivity index is 1.66. The normalized spacial score (nSPS) is 15.6. The van der Waals surface area contributed by atoms with E-state index in [1.54, 1.807) is 13.1 Å². The lowest BCUT2D eigenvalue weighted by Gasteiger charge is -2.11. The van der Waals surface area contributed by atoms with E-state index in [0.29, 0.717) is 23.5 Å². The molecule has 156 valence electrons. The summed E-state index contributed by atoms with van der Waals surface area (Å²) in [6, 6.07) is 11.6. The van der Waals surface area contributed by atoms with Gasteiger partial charge in [0.05, 0.1) is 9.82 Å². The number of anilines is 1. The molecule has 0 bridgehead atoms. The molecule has 2 aromatic rings. The number of amidine groups is 1. The van der Waals surface area contributed by atoms with E-state index in [4.69, 9.17) is 0 Å². The number of hydrogen-bond donors (Lipinski definition) is 1. The fraction of sp³-hybridized carbons (Fsp3) is 0.200. The van der Waals surface area contributed by atoms with E-state index in [1.165, 1.54) is 54.6 Å². The van der Waals surface area contributed by atoms with Crippen molar-refractivity contribution in [3.05, 3.63) is 70.3 Å². The Labute approximate surface area is 173 Å². The number of carbonyl (C=O) groups excluding carboxylic acids is 1. The Morgan fingerprint density at radius 2 is 1.97 bits per heavy atom. The van der Waals surface area contributed by atoms with Gasteiger partial charge in [0.15, 0.2) is 0 Å². The van der Waals surface area contributed by atoms with Gasteiger partial charge in [0, 0.05) is 43.9 Å². The maximum Gasteiger partial charge on any atom is 0.283 e. The van der Waals surface area contributed by atoms with Crippen LogP contribution in [0.2, 0.25) is 0 Å². The van der Waals surface area contributed by atoms with Crippen molar-refractivity contribution >= 4 is 39.2 Å². The van der Waals surface area contributed by atoms with Crippen LogP contribution in [0.15, 0.2) is 63.9 Å². The summed E-state index contributed by atoms with van der Waals surface area (Å²) in [6.45, 7) is 0.781. The Morgan fingerprint density at radius 3 is 2.60 bits per heavy atom. The molecule has 0 spiro atoms. The Kier molecular flexibility index (Phi) is 6.26. The highest BCUT2D eigenvalue weighted by atomic mass is 32.2. The van der Waals surface area contributed by atoms with Crippen LogP contribution >= 0.6 is 0 Å². The third-order valence-corrected chi connectivity index (χ3v) is 5.81. The van der Waals surface area contributed by atoms with Gasteiger partial charge in [-0.25, -0.2) is 0 Å². The number of amides is 1. The van der Waals surface area contributed by atoms with Gasteiger partial charge in [0.25, 0.3) is 15.7 Å². The predicted octanol–water partition coefficient (Wildman–Crippen LogP) is 3.06. The highest BCUT2D eigenvalue weighted by molar-refractivity contribution is 7.90. The number of carbonyl (C=O) groups is 1. The number of likely N-dealkylation sites (tertiary alicyclic amines) is 1. The Bertz CT molecular complexity index is 1120. The smallest absolute Gasteiger partial charge is 0.283 e. The molecule has 1 N–H and O–H groups in total. The molecular weight excluding hydrogens is 408 g/mol. The van der Waals surface area contributed by atoms with Gasteiger partial charge in [0.1, 0.15) is 5.84 Å². The lowest BCUT2D eigenvalue weighted by Crippen LogP contribution is -2.20. The summed E-state index contributed by atoms with van der Waals surface area (Å²) in [7, 11) is -2.01. The number of nitro groups is 1. The minimum absolute atomic E-state index is 0.0421. The third kappa shape index (κ3) is 5.29.